The van der Waals surface area contributed by atoms with E-state index < -0.39 is 0 Å². The smallest absolute Gasteiger partial charge is 0.143 e. The molecule has 3 heterocycles. The zero-order chi connectivity index (χ0) is 91.9. The minimum absolute atomic E-state index is 0.905. The standard InChI is InChI=1S/C48H34N2.C42H29NO.C42H29NS/c1-5-15-35(16-6-1)36-25-28-41(29-26-36)49(39-19-9-3-10-20-39)42-30-31-43(45(34-42)37-17-7-2-8-18-37)38-27-32-48-46(33-38)44-23-13-14-24-47(44)50(48)40-21-11-4-12-22-40;2*1-4-13-30(14-5-1)31-23-25-34(26-24-31)43(33-17-8-3-9-18-33)35-27-28-36(40(29-35)32-15-6-2-7-16-32)38-20-12-21-39-37-19-10-11-22-41(37)44-42(38)39/h1-34H;2*1-29H. The predicted octanol–water partition coefficient (Wildman–Crippen LogP) is 37.8. The zero-order valence-electron chi connectivity index (χ0n) is 75.7. The van der Waals surface area contributed by atoms with Crippen LogP contribution < -0.4 is 14.7 Å². The summed E-state index contributed by atoms with van der Waals surface area (Å²) >= 11 is 1.88. The van der Waals surface area contributed by atoms with Gasteiger partial charge in [-0.15, -0.1) is 11.3 Å². The highest BCUT2D eigenvalue weighted by atomic mass is 32.1. The maximum atomic E-state index is 6.48. The topological polar surface area (TPSA) is 27.8 Å². The number of hydrogen-bond acceptors (Lipinski definition) is 5. The second kappa shape index (κ2) is 38.3. The molecule has 0 N–H and O–H groups in total. The van der Waals surface area contributed by atoms with Crippen molar-refractivity contribution in [1.82, 2.24) is 4.57 Å². The van der Waals surface area contributed by atoms with E-state index in [-0.39, 0.29) is 0 Å². The van der Waals surface area contributed by atoms with E-state index in [0.717, 1.165) is 95.4 Å². The van der Waals surface area contributed by atoms with Crippen LogP contribution in [0.4, 0.5) is 51.2 Å². The van der Waals surface area contributed by atoms with E-state index in [9.17, 15) is 0 Å². The zero-order valence-corrected chi connectivity index (χ0v) is 76.5. The maximum absolute atomic E-state index is 6.48. The molecule has 25 aromatic rings. The van der Waals surface area contributed by atoms with Gasteiger partial charge in [0.05, 0.1) is 11.0 Å². The molecule has 6 heteroatoms. The van der Waals surface area contributed by atoms with E-state index >= 15 is 0 Å². The third-order valence-electron chi connectivity index (χ3n) is 26.2. The molecule has 22 aromatic carbocycles. The molecule has 0 fully saturated rings. The van der Waals surface area contributed by atoms with E-state index in [4.69, 9.17) is 4.42 Å². The second-order valence-corrected chi connectivity index (χ2v) is 35.6. The number of furan rings is 1. The third kappa shape index (κ3) is 16.9. The summed E-state index contributed by atoms with van der Waals surface area (Å²) < 4.78 is 11.5. The number of aromatic nitrogens is 1. The number of para-hydroxylation sites is 7. The molecule has 0 saturated carbocycles. The largest absolute Gasteiger partial charge is 0.455 e. The molecule has 138 heavy (non-hydrogen) atoms. The molecule has 0 saturated heterocycles. The van der Waals surface area contributed by atoms with E-state index in [1.807, 2.05) is 23.5 Å². The molecule has 0 atom stereocenters. The van der Waals surface area contributed by atoms with Crippen molar-refractivity contribution in [3.8, 4) is 106 Å². The van der Waals surface area contributed by atoms with Gasteiger partial charge >= 0.3 is 0 Å². The first kappa shape index (κ1) is 84.3. The summed E-state index contributed by atoms with van der Waals surface area (Å²) in [6.45, 7) is 0. The van der Waals surface area contributed by atoms with Crippen LogP contribution in [0.2, 0.25) is 0 Å². The lowest BCUT2D eigenvalue weighted by atomic mass is 9.92. The molecule has 3 aromatic heterocycles. The van der Waals surface area contributed by atoms with Crippen molar-refractivity contribution in [2.24, 2.45) is 0 Å². The summed E-state index contributed by atoms with van der Waals surface area (Å²) in [5.41, 5.74) is 36.8. The molecule has 5 nitrogen and oxygen atoms in total. The average molecular weight is 1780 g/mol. The van der Waals surface area contributed by atoms with Crippen LogP contribution in [0.5, 0.6) is 0 Å². The third-order valence-corrected chi connectivity index (χ3v) is 27.4. The SMILES string of the molecule is c1ccc(-c2ccc(N(c3ccccc3)c3ccc(-c4ccc5c(c4)c4ccccc4n5-c4ccccc4)c(-c4ccccc4)c3)cc2)cc1.c1ccc(-c2ccc(N(c3ccccc3)c3ccc(-c4cccc5c4oc4ccccc45)c(-c4ccccc4)c3)cc2)cc1.c1ccc(-c2ccc(N(c3ccccc3)c3ccc(-c4cccc5c4sc4ccccc45)c(-c4ccccc4)c3)cc2)cc1. The van der Waals surface area contributed by atoms with Crippen molar-refractivity contribution in [3.63, 3.8) is 0 Å². The van der Waals surface area contributed by atoms with Crippen LogP contribution in [0.15, 0.2) is 563 Å². The van der Waals surface area contributed by atoms with Gasteiger partial charge in [-0.3, -0.25) is 0 Å². The highest BCUT2D eigenvalue weighted by molar-refractivity contribution is 7.26. The van der Waals surface area contributed by atoms with Crippen molar-refractivity contribution >= 4 is 126 Å². The lowest BCUT2D eigenvalue weighted by Crippen LogP contribution is -2.10. The van der Waals surface area contributed by atoms with Crippen LogP contribution in [0.3, 0.4) is 0 Å². The first-order chi connectivity index (χ1) is 68.5. The van der Waals surface area contributed by atoms with E-state index in [0.29, 0.717) is 0 Å². The number of fused-ring (bicyclic) bond motifs is 9. The van der Waals surface area contributed by atoms with Crippen LogP contribution in [0.25, 0.3) is 170 Å². The van der Waals surface area contributed by atoms with Crippen LogP contribution >= 0.6 is 11.3 Å². The van der Waals surface area contributed by atoms with Gasteiger partial charge in [-0.1, -0.05) is 406 Å². The molecule has 0 bridgehead atoms. The highest BCUT2D eigenvalue weighted by Crippen LogP contribution is 2.50. The Bertz CT molecular complexity index is 8230. The van der Waals surface area contributed by atoms with Gasteiger partial charge in [-0.05, 0) is 241 Å². The number of thiophene rings is 1. The molecular formula is C132H92N4OS. The van der Waals surface area contributed by atoms with Crippen LogP contribution in [-0.2, 0) is 0 Å². The van der Waals surface area contributed by atoms with Gasteiger partial charge in [0.2, 0.25) is 0 Å². The van der Waals surface area contributed by atoms with Crippen molar-refractivity contribution < 1.29 is 4.42 Å². The van der Waals surface area contributed by atoms with E-state index in [2.05, 4.69) is 565 Å². The minimum Gasteiger partial charge on any atom is -0.455 e. The molecule has 0 spiro atoms. The molecule has 0 aliphatic heterocycles. The normalized spacial score (nSPS) is 11.2. The fourth-order valence-electron chi connectivity index (χ4n) is 19.6. The van der Waals surface area contributed by atoms with Crippen LogP contribution in [-0.4, -0.2) is 4.57 Å². The monoisotopic (exact) mass is 1780 g/mol. The summed E-state index contributed by atoms with van der Waals surface area (Å²) in [4.78, 5) is 7.03. The van der Waals surface area contributed by atoms with Gasteiger partial charge < -0.3 is 23.7 Å². The summed E-state index contributed by atoms with van der Waals surface area (Å²) in [5.74, 6) is 0. The first-order valence-corrected chi connectivity index (χ1v) is 47.8. The summed E-state index contributed by atoms with van der Waals surface area (Å²) in [6.07, 6.45) is 0. The summed E-state index contributed by atoms with van der Waals surface area (Å²) in [6, 6.07) is 199. The Morgan fingerprint density at radius 2 is 0.478 bits per heavy atom. The van der Waals surface area contributed by atoms with Crippen LogP contribution in [0.1, 0.15) is 0 Å². The van der Waals surface area contributed by atoms with Crippen molar-refractivity contribution in [3.05, 3.63) is 558 Å². The van der Waals surface area contributed by atoms with Crippen LogP contribution in [0, 0.1) is 0 Å². The molecule has 0 unspecified atom stereocenters. The van der Waals surface area contributed by atoms with Gasteiger partial charge in [0.1, 0.15) is 11.2 Å². The number of benzene rings is 22. The molecular weight excluding hydrogens is 1690 g/mol. The summed E-state index contributed by atoms with van der Waals surface area (Å²) in [7, 11) is 0. The Kier molecular flexibility index (Phi) is 23.4. The Labute approximate surface area is 808 Å². The van der Waals surface area contributed by atoms with Gasteiger partial charge in [0.25, 0.3) is 0 Å². The predicted molar refractivity (Wildman–Crippen MR) is 587 cm³/mol. The lowest BCUT2D eigenvalue weighted by Gasteiger charge is -2.27. The molecule has 25 rings (SSSR count). The van der Waals surface area contributed by atoms with E-state index in [1.165, 1.54) is 126 Å². The Morgan fingerprint density at radius 3 is 0.935 bits per heavy atom. The maximum Gasteiger partial charge on any atom is 0.143 e. The number of anilines is 9. The second-order valence-electron chi connectivity index (χ2n) is 34.5. The van der Waals surface area contributed by atoms with Gasteiger partial charge in [-0.2, -0.15) is 0 Å². The summed E-state index contributed by atoms with van der Waals surface area (Å²) in [5, 5.41) is 7.40. The van der Waals surface area contributed by atoms with Crippen molar-refractivity contribution in [2.45, 2.75) is 0 Å². The van der Waals surface area contributed by atoms with Crippen molar-refractivity contribution in [2.75, 3.05) is 14.7 Å². The Balaban J connectivity index is 0.000000116. The quantitative estimate of drug-likeness (QED) is 0.0806. The molecule has 0 radical (unpaired) electrons. The lowest BCUT2D eigenvalue weighted by molar-refractivity contribution is 0.670. The Hall–Kier alpha value is -17.9. The number of nitrogens with zero attached hydrogens (tertiary/aromatic N) is 4. The minimum atomic E-state index is 0.905. The van der Waals surface area contributed by atoms with Crippen molar-refractivity contribution in [1.29, 1.82) is 0 Å². The van der Waals surface area contributed by atoms with Gasteiger partial charge in [0, 0.05) is 110 Å². The number of hydrogen-bond donors (Lipinski definition) is 0. The average Bonchev–Trinajstić information content (AvgIpc) is 1.58. The molecule has 652 valence electrons. The van der Waals surface area contributed by atoms with Gasteiger partial charge in [-0.25, -0.2) is 0 Å². The molecule has 0 aliphatic rings. The first-order valence-electron chi connectivity index (χ1n) is 47.0. The highest BCUT2D eigenvalue weighted by Gasteiger charge is 2.25. The molecule has 0 amide bonds. The van der Waals surface area contributed by atoms with E-state index in [1.54, 1.807) is 0 Å². The number of rotatable bonds is 19. The fraction of sp³-hybridized carbons (Fsp3) is 0. The fourth-order valence-corrected chi connectivity index (χ4v) is 20.8. The van der Waals surface area contributed by atoms with Gasteiger partial charge in [0.15, 0.2) is 0 Å². The molecule has 0 aliphatic carbocycles. The Morgan fingerprint density at radius 1 is 0.167 bits per heavy atom.